The maximum absolute atomic E-state index is 12.5. The second-order valence-corrected chi connectivity index (χ2v) is 7.53. The second kappa shape index (κ2) is 8.76. The van der Waals surface area contributed by atoms with Crippen LogP contribution in [0.25, 0.3) is 0 Å². The summed E-state index contributed by atoms with van der Waals surface area (Å²) in [4.78, 5) is 52.2. The lowest BCUT2D eigenvalue weighted by Crippen LogP contribution is -2.50. The summed E-state index contributed by atoms with van der Waals surface area (Å²) in [6, 6.07) is 12.8. The minimum absolute atomic E-state index is 0.145. The molecule has 2 aromatic carbocycles. The first-order chi connectivity index (χ1) is 15.0. The third kappa shape index (κ3) is 4.75. The highest BCUT2D eigenvalue weighted by Crippen LogP contribution is 2.19. The number of carbonyl (C=O) groups is 4. The zero-order valence-electron chi connectivity index (χ0n) is 16.1. The Bertz CT molecular complexity index is 1130. The number of hydrogen-bond acceptors (Lipinski definition) is 6. The Morgan fingerprint density at radius 3 is 2.19 bits per heavy atom. The third-order valence-electron chi connectivity index (χ3n) is 4.50. The number of hydrazine groups is 1. The van der Waals surface area contributed by atoms with Crippen LogP contribution >= 0.6 is 11.3 Å². The maximum Gasteiger partial charge on any atom is 0.257 e. The molecule has 0 unspecified atom stereocenters. The van der Waals surface area contributed by atoms with Crippen LogP contribution in [0.4, 0.5) is 16.5 Å². The number of benzene rings is 2. The normalized spacial score (nSPS) is 13.5. The van der Waals surface area contributed by atoms with Gasteiger partial charge in [0.2, 0.25) is 11.8 Å². The zero-order chi connectivity index (χ0) is 21.8. The molecular formula is C21H17N5O4S. The van der Waals surface area contributed by atoms with E-state index in [9.17, 15) is 19.2 Å². The van der Waals surface area contributed by atoms with Crippen molar-refractivity contribution in [1.29, 1.82) is 0 Å². The monoisotopic (exact) mass is 435 g/mol. The highest BCUT2D eigenvalue weighted by atomic mass is 32.1. The van der Waals surface area contributed by atoms with Gasteiger partial charge in [0.1, 0.15) is 0 Å². The van der Waals surface area contributed by atoms with Crippen molar-refractivity contribution in [3.05, 3.63) is 71.2 Å². The molecule has 156 valence electrons. The molecule has 3 aromatic rings. The van der Waals surface area contributed by atoms with Gasteiger partial charge in [-0.05, 0) is 48.5 Å². The van der Waals surface area contributed by atoms with Gasteiger partial charge in [-0.2, -0.15) is 0 Å². The van der Waals surface area contributed by atoms with E-state index in [1.807, 2.05) is 0 Å². The lowest BCUT2D eigenvalue weighted by Gasteiger charge is -2.27. The summed E-state index contributed by atoms with van der Waals surface area (Å²) in [5, 5.41) is 8.90. The van der Waals surface area contributed by atoms with E-state index < -0.39 is 0 Å². The number of aromatic nitrogens is 1. The molecule has 4 amide bonds. The largest absolute Gasteiger partial charge is 0.322 e. The van der Waals surface area contributed by atoms with Crippen molar-refractivity contribution in [1.82, 2.24) is 10.4 Å². The Balaban J connectivity index is 1.38. The minimum Gasteiger partial charge on any atom is -0.322 e. The van der Waals surface area contributed by atoms with Gasteiger partial charge in [0, 0.05) is 41.2 Å². The van der Waals surface area contributed by atoms with Crippen molar-refractivity contribution in [3.8, 4) is 0 Å². The van der Waals surface area contributed by atoms with Crippen LogP contribution in [0.5, 0.6) is 0 Å². The molecule has 1 aliphatic heterocycles. The fraction of sp³-hybridized carbons (Fsp3) is 0.0952. The molecule has 1 saturated heterocycles. The molecule has 0 aliphatic carbocycles. The van der Waals surface area contributed by atoms with E-state index in [1.54, 1.807) is 60.1 Å². The third-order valence-corrected chi connectivity index (χ3v) is 5.19. The average Bonchev–Trinajstić information content (AvgIpc) is 3.29. The van der Waals surface area contributed by atoms with E-state index in [-0.39, 0.29) is 36.5 Å². The Kier molecular flexibility index (Phi) is 5.72. The van der Waals surface area contributed by atoms with Gasteiger partial charge in [-0.3, -0.25) is 29.9 Å². The summed E-state index contributed by atoms with van der Waals surface area (Å²) in [6.07, 6.45) is 1.92. The number of thiazole rings is 1. The van der Waals surface area contributed by atoms with E-state index in [4.69, 9.17) is 0 Å². The second-order valence-electron chi connectivity index (χ2n) is 6.63. The van der Waals surface area contributed by atoms with Gasteiger partial charge in [0.25, 0.3) is 11.8 Å². The Morgan fingerprint density at radius 2 is 1.55 bits per heavy atom. The molecule has 1 aromatic heterocycles. The van der Waals surface area contributed by atoms with Crippen molar-refractivity contribution >= 4 is 51.5 Å². The first-order valence-electron chi connectivity index (χ1n) is 9.34. The van der Waals surface area contributed by atoms with Crippen LogP contribution in [0.1, 0.15) is 33.6 Å². The highest BCUT2D eigenvalue weighted by Gasteiger charge is 2.24. The number of carbonyl (C=O) groups excluding carboxylic acids is 4. The average molecular weight is 435 g/mol. The molecule has 2 heterocycles. The zero-order valence-corrected chi connectivity index (χ0v) is 16.9. The first kappa shape index (κ1) is 20.2. The summed E-state index contributed by atoms with van der Waals surface area (Å²) < 4.78 is 0. The molecule has 0 spiro atoms. The van der Waals surface area contributed by atoms with Gasteiger partial charge < -0.3 is 5.32 Å². The molecule has 1 aliphatic rings. The molecule has 0 radical (unpaired) electrons. The lowest BCUT2D eigenvalue weighted by molar-refractivity contribution is -0.130. The molecule has 10 heteroatoms. The van der Waals surface area contributed by atoms with Crippen molar-refractivity contribution in [2.24, 2.45) is 0 Å². The molecule has 0 saturated carbocycles. The summed E-state index contributed by atoms with van der Waals surface area (Å²) in [7, 11) is 0. The van der Waals surface area contributed by atoms with E-state index in [0.717, 1.165) is 0 Å². The predicted molar refractivity (Wildman–Crippen MR) is 116 cm³/mol. The fourth-order valence-electron chi connectivity index (χ4n) is 2.91. The number of nitrogens with zero attached hydrogens (tertiary/aromatic N) is 2. The predicted octanol–water partition coefficient (Wildman–Crippen LogP) is 2.81. The van der Waals surface area contributed by atoms with Crippen molar-refractivity contribution in [3.63, 3.8) is 0 Å². The summed E-state index contributed by atoms with van der Waals surface area (Å²) in [6.45, 7) is 0. The molecule has 31 heavy (non-hydrogen) atoms. The van der Waals surface area contributed by atoms with Crippen LogP contribution < -0.4 is 21.1 Å². The van der Waals surface area contributed by atoms with Crippen LogP contribution in [-0.4, -0.2) is 28.6 Å². The minimum atomic E-state index is -0.347. The summed E-state index contributed by atoms with van der Waals surface area (Å²) >= 11 is 1.32. The van der Waals surface area contributed by atoms with Crippen molar-refractivity contribution < 1.29 is 19.2 Å². The van der Waals surface area contributed by atoms with E-state index in [0.29, 0.717) is 27.6 Å². The Hall–Kier alpha value is -4.05. The number of amides is 4. The lowest BCUT2D eigenvalue weighted by atomic mass is 10.1. The molecule has 1 fully saturated rings. The van der Waals surface area contributed by atoms with Crippen molar-refractivity contribution in [2.45, 2.75) is 12.8 Å². The molecule has 3 N–H and O–H groups in total. The van der Waals surface area contributed by atoms with Crippen LogP contribution in [0.15, 0.2) is 60.1 Å². The van der Waals surface area contributed by atoms with Crippen LogP contribution in [-0.2, 0) is 9.59 Å². The topological polar surface area (TPSA) is 121 Å². The van der Waals surface area contributed by atoms with Gasteiger partial charge in [0.15, 0.2) is 5.13 Å². The SMILES string of the molecule is O=C1CCC(=O)N(c2ccc(C(=O)Nc3ccc(C(=O)Nc4nccs4)cc3)cc2)N1. The number of hydrogen-bond donors (Lipinski definition) is 3. The fourth-order valence-corrected chi connectivity index (χ4v) is 3.43. The van der Waals surface area contributed by atoms with E-state index in [2.05, 4.69) is 21.0 Å². The first-order valence-corrected chi connectivity index (χ1v) is 10.2. The number of rotatable bonds is 5. The van der Waals surface area contributed by atoms with E-state index in [1.165, 1.54) is 16.3 Å². The molecule has 0 bridgehead atoms. The van der Waals surface area contributed by atoms with Crippen molar-refractivity contribution in [2.75, 3.05) is 15.6 Å². The van der Waals surface area contributed by atoms with Gasteiger partial charge in [-0.1, -0.05) is 0 Å². The maximum atomic E-state index is 12.5. The number of nitrogens with one attached hydrogen (secondary N) is 3. The molecule has 0 atom stereocenters. The molecule has 4 rings (SSSR count). The smallest absolute Gasteiger partial charge is 0.257 e. The van der Waals surface area contributed by atoms with Gasteiger partial charge in [-0.15, -0.1) is 11.3 Å². The standard InChI is InChI=1S/C21H17N5O4S/c27-17-9-10-18(28)26(25-17)16-7-3-14(4-8-16)19(29)23-15-5-1-13(2-6-15)20(30)24-21-22-11-12-31-21/h1-8,11-12H,9-10H2,(H,23,29)(H,25,27)(H,22,24,30). The van der Waals surface area contributed by atoms with Gasteiger partial charge in [-0.25, -0.2) is 9.99 Å². The van der Waals surface area contributed by atoms with Gasteiger partial charge >= 0.3 is 0 Å². The highest BCUT2D eigenvalue weighted by molar-refractivity contribution is 7.13. The number of anilines is 3. The van der Waals surface area contributed by atoms with Crippen LogP contribution in [0.3, 0.4) is 0 Å². The Morgan fingerprint density at radius 1 is 0.903 bits per heavy atom. The van der Waals surface area contributed by atoms with Crippen LogP contribution in [0, 0.1) is 0 Å². The van der Waals surface area contributed by atoms with Gasteiger partial charge in [0.05, 0.1) is 5.69 Å². The Labute approximate surface area is 181 Å². The summed E-state index contributed by atoms with van der Waals surface area (Å²) in [5.41, 5.74) is 4.33. The quantitative estimate of drug-likeness (QED) is 0.569. The summed E-state index contributed by atoms with van der Waals surface area (Å²) in [5.74, 6) is -1.08. The molecule has 9 nitrogen and oxygen atoms in total. The molecular weight excluding hydrogens is 418 g/mol. The van der Waals surface area contributed by atoms with Crippen LogP contribution in [0.2, 0.25) is 0 Å². The van der Waals surface area contributed by atoms with E-state index >= 15 is 0 Å².